The minimum absolute atomic E-state index is 0.0906. The average Bonchev–Trinajstić information content (AvgIpc) is 2.68. The Balaban J connectivity index is 1.63. The molecule has 0 radical (unpaired) electrons. The number of pyridine rings is 1. The predicted octanol–water partition coefficient (Wildman–Crippen LogP) is 3.45. The van der Waals surface area contributed by atoms with Gasteiger partial charge in [-0.1, -0.05) is 30.3 Å². The average molecular weight is 396 g/mol. The van der Waals surface area contributed by atoms with Gasteiger partial charge in [0.2, 0.25) is 5.91 Å². The molecule has 1 amide bonds. The summed E-state index contributed by atoms with van der Waals surface area (Å²) in [7, 11) is -3.75. The van der Waals surface area contributed by atoms with Crippen LogP contribution in [0.3, 0.4) is 0 Å². The van der Waals surface area contributed by atoms with Crippen molar-refractivity contribution in [1.82, 2.24) is 4.98 Å². The van der Waals surface area contributed by atoms with Gasteiger partial charge >= 0.3 is 0 Å². The molecule has 0 unspecified atom stereocenters. The third-order valence-corrected chi connectivity index (χ3v) is 5.21. The SMILES string of the molecule is CC(=O)Nc1ccc(S(=O)(=O)Nc2ccc(NCc3ccccc3)nc2)cc1. The van der Waals surface area contributed by atoms with Crippen molar-refractivity contribution in [3.05, 3.63) is 78.5 Å². The summed E-state index contributed by atoms with van der Waals surface area (Å²) in [5.74, 6) is 0.423. The molecule has 1 aromatic heterocycles. The van der Waals surface area contributed by atoms with Crippen LogP contribution in [0, 0.1) is 0 Å². The molecule has 144 valence electrons. The molecule has 8 heteroatoms. The van der Waals surface area contributed by atoms with E-state index in [-0.39, 0.29) is 10.8 Å². The van der Waals surface area contributed by atoms with E-state index in [4.69, 9.17) is 0 Å². The maximum atomic E-state index is 12.5. The highest BCUT2D eigenvalue weighted by Gasteiger charge is 2.14. The molecule has 0 bridgehead atoms. The molecule has 3 rings (SSSR count). The number of carbonyl (C=O) groups excluding carboxylic acids is 1. The molecule has 2 aromatic carbocycles. The van der Waals surface area contributed by atoms with E-state index in [1.165, 1.54) is 37.4 Å². The smallest absolute Gasteiger partial charge is 0.261 e. The van der Waals surface area contributed by atoms with Crippen LogP contribution in [0.4, 0.5) is 17.2 Å². The Bertz CT molecular complexity index is 1040. The number of anilines is 3. The summed E-state index contributed by atoms with van der Waals surface area (Å²) in [6.07, 6.45) is 1.45. The molecule has 0 aliphatic carbocycles. The monoisotopic (exact) mass is 396 g/mol. The summed E-state index contributed by atoms with van der Waals surface area (Å²) < 4.78 is 27.5. The molecule has 3 N–H and O–H groups in total. The third kappa shape index (κ3) is 5.31. The topological polar surface area (TPSA) is 100 Å². The second kappa shape index (κ2) is 8.53. The zero-order chi connectivity index (χ0) is 20.0. The van der Waals surface area contributed by atoms with Crippen LogP contribution in [-0.4, -0.2) is 19.3 Å². The van der Waals surface area contributed by atoms with Crippen molar-refractivity contribution >= 4 is 33.1 Å². The normalized spacial score (nSPS) is 10.9. The molecule has 3 aromatic rings. The van der Waals surface area contributed by atoms with Crippen LogP contribution in [0.2, 0.25) is 0 Å². The van der Waals surface area contributed by atoms with Crippen molar-refractivity contribution in [2.45, 2.75) is 18.4 Å². The Labute approximate surface area is 163 Å². The zero-order valence-electron chi connectivity index (χ0n) is 15.2. The Kier molecular flexibility index (Phi) is 5.90. The first-order chi connectivity index (χ1) is 13.4. The Morgan fingerprint density at radius 1 is 0.929 bits per heavy atom. The molecular weight excluding hydrogens is 376 g/mol. The second-order valence-corrected chi connectivity index (χ2v) is 7.76. The van der Waals surface area contributed by atoms with Crippen molar-refractivity contribution in [3.63, 3.8) is 0 Å². The van der Waals surface area contributed by atoms with Gasteiger partial charge in [-0.3, -0.25) is 9.52 Å². The number of benzene rings is 2. The third-order valence-electron chi connectivity index (χ3n) is 3.82. The van der Waals surface area contributed by atoms with E-state index in [0.717, 1.165) is 5.56 Å². The van der Waals surface area contributed by atoms with Crippen molar-refractivity contribution in [1.29, 1.82) is 0 Å². The van der Waals surface area contributed by atoms with E-state index in [1.54, 1.807) is 12.1 Å². The summed E-state index contributed by atoms with van der Waals surface area (Å²) in [6, 6.07) is 19.2. The van der Waals surface area contributed by atoms with Crippen LogP contribution in [0.15, 0.2) is 77.8 Å². The molecule has 1 heterocycles. The van der Waals surface area contributed by atoms with Crippen molar-refractivity contribution < 1.29 is 13.2 Å². The molecule has 0 aliphatic rings. The maximum Gasteiger partial charge on any atom is 0.261 e. The van der Waals surface area contributed by atoms with Gasteiger partial charge in [0.05, 0.1) is 16.8 Å². The van der Waals surface area contributed by atoms with E-state index < -0.39 is 10.0 Å². The minimum atomic E-state index is -3.75. The molecule has 0 aliphatic heterocycles. The number of rotatable bonds is 7. The van der Waals surface area contributed by atoms with Gasteiger partial charge in [0.15, 0.2) is 0 Å². The highest BCUT2D eigenvalue weighted by molar-refractivity contribution is 7.92. The summed E-state index contributed by atoms with van der Waals surface area (Å²) in [5.41, 5.74) is 2.01. The van der Waals surface area contributed by atoms with Gasteiger partial charge in [0.25, 0.3) is 10.0 Å². The van der Waals surface area contributed by atoms with E-state index in [0.29, 0.717) is 23.7 Å². The largest absolute Gasteiger partial charge is 0.366 e. The van der Waals surface area contributed by atoms with E-state index in [1.807, 2.05) is 30.3 Å². The minimum Gasteiger partial charge on any atom is -0.366 e. The lowest BCUT2D eigenvalue weighted by Gasteiger charge is -2.10. The van der Waals surface area contributed by atoms with Crippen molar-refractivity contribution in [2.75, 3.05) is 15.4 Å². The van der Waals surface area contributed by atoms with Crippen LogP contribution < -0.4 is 15.4 Å². The van der Waals surface area contributed by atoms with Gasteiger partial charge in [-0.2, -0.15) is 0 Å². The Morgan fingerprint density at radius 2 is 1.61 bits per heavy atom. The van der Waals surface area contributed by atoms with Crippen LogP contribution in [0.1, 0.15) is 12.5 Å². The number of nitrogens with zero attached hydrogens (tertiary/aromatic N) is 1. The second-order valence-electron chi connectivity index (χ2n) is 6.08. The zero-order valence-corrected chi connectivity index (χ0v) is 16.0. The summed E-state index contributed by atoms with van der Waals surface area (Å²) >= 11 is 0. The fourth-order valence-corrected chi connectivity index (χ4v) is 3.53. The first-order valence-electron chi connectivity index (χ1n) is 8.57. The number of sulfonamides is 1. The van der Waals surface area contributed by atoms with Gasteiger partial charge in [-0.25, -0.2) is 13.4 Å². The number of hydrogen-bond donors (Lipinski definition) is 3. The van der Waals surface area contributed by atoms with Gasteiger partial charge in [-0.15, -0.1) is 0 Å². The summed E-state index contributed by atoms with van der Waals surface area (Å²) in [5, 5.41) is 5.77. The number of amides is 1. The van der Waals surface area contributed by atoms with Crippen molar-refractivity contribution in [3.8, 4) is 0 Å². The number of aromatic nitrogens is 1. The van der Waals surface area contributed by atoms with E-state index in [9.17, 15) is 13.2 Å². The molecule has 7 nitrogen and oxygen atoms in total. The van der Waals surface area contributed by atoms with Gasteiger partial charge in [-0.05, 0) is 42.0 Å². The Morgan fingerprint density at radius 3 is 2.21 bits per heavy atom. The molecule has 28 heavy (non-hydrogen) atoms. The van der Waals surface area contributed by atoms with Crippen LogP contribution in [-0.2, 0) is 21.4 Å². The predicted molar refractivity (Wildman–Crippen MR) is 110 cm³/mol. The standard InChI is InChI=1S/C20H20N4O3S/c1-15(25)23-17-7-10-19(11-8-17)28(26,27)24-18-9-12-20(22-14-18)21-13-16-5-3-2-4-6-16/h2-12,14,24H,13H2,1H3,(H,21,22)(H,23,25). The molecule has 0 atom stereocenters. The lowest BCUT2D eigenvalue weighted by atomic mass is 10.2. The fourth-order valence-electron chi connectivity index (χ4n) is 2.48. The summed E-state index contributed by atoms with van der Waals surface area (Å²) in [6.45, 7) is 2.01. The number of nitrogens with one attached hydrogen (secondary N) is 3. The van der Waals surface area contributed by atoms with E-state index >= 15 is 0 Å². The fraction of sp³-hybridized carbons (Fsp3) is 0.100. The molecular formula is C20H20N4O3S. The van der Waals surface area contributed by atoms with Crippen LogP contribution >= 0.6 is 0 Å². The Hall–Kier alpha value is -3.39. The van der Waals surface area contributed by atoms with Crippen LogP contribution in [0.5, 0.6) is 0 Å². The first kappa shape index (κ1) is 19.4. The number of carbonyl (C=O) groups is 1. The van der Waals surface area contributed by atoms with Gasteiger partial charge < -0.3 is 10.6 Å². The molecule has 0 saturated heterocycles. The lowest BCUT2D eigenvalue weighted by molar-refractivity contribution is -0.114. The highest BCUT2D eigenvalue weighted by Crippen LogP contribution is 2.19. The maximum absolute atomic E-state index is 12.5. The lowest BCUT2D eigenvalue weighted by Crippen LogP contribution is -2.13. The molecule has 0 saturated carbocycles. The van der Waals surface area contributed by atoms with Gasteiger partial charge in [0, 0.05) is 19.2 Å². The summed E-state index contributed by atoms with van der Waals surface area (Å²) in [4.78, 5) is 15.4. The molecule has 0 fully saturated rings. The van der Waals surface area contributed by atoms with Crippen LogP contribution in [0.25, 0.3) is 0 Å². The van der Waals surface area contributed by atoms with E-state index in [2.05, 4.69) is 20.3 Å². The first-order valence-corrected chi connectivity index (χ1v) is 10.0. The molecule has 0 spiro atoms. The quantitative estimate of drug-likeness (QED) is 0.568. The van der Waals surface area contributed by atoms with Gasteiger partial charge in [0.1, 0.15) is 5.82 Å². The highest BCUT2D eigenvalue weighted by atomic mass is 32.2. The van der Waals surface area contributed by atoms with Crippen molar-refractivity contribution in [2.24, 2.45) is 0 Å². The number of hydrogen-bond acceptors (Lipinski definition) is 5.